The van der Waals surface area contributed by atoms with Crippen molar-refractivity contribution in [2.24, 2.45) is 0 Å². The first-order valence-corrected chi connectivity index (χ1v) is 11.1. The van der Waals surface area contributed by atoms with E-state index in [1.165, 1.54) is 17.7 Å². The third-order valence-corrected chi connectivity index (χ3v) is 6.36. The van der Waals surface area contributed by atoms with Gasteiger partial charge in [0.25, 0.3) is 5.91 Å². The third-order valence-electron chi connectivity index (χ3n) is 6.36. The molecule has 3 aliphatic rings. The molecule has 1 unspecified atom stereocenters. The van der Waals surface area contributed by atoms with E-state index >= 15 is 0 Å². The first kappa shape index (κ1) is 21.8. The van der Waals surface area contributed by atoms with Crippen molar-refractivity contribution < 1.29 is 23.8 Å². The van der Waals surface area contributed by atoms with Crippen molar-refractivity contribution in [3.05, 3.63) is 76.8 Å². The molecule has 0 saturated carbocycles. The van der Waals surface area contributed by atoms with Crippen molar-refractivity contribution in [3.63, 3.8) is 0 Å². The Morgan fingerprint density at radius 3 is 2.76 bits per heavy atom. The lowest BCUT2D eigenvalue weighted by Gasteiger charge is -2.32. The predicted molar refractivity (Wildman–Crippen MR) is 124 cm³/mol. The van der Waals surface area contributed by atoms with Crippen molar-refractivity contribution in [1.82, 2.24) is 4.90 Å². The lowest BCUT2D eigenvalue weighted by molar-refractivity contribution is -0.111. The van der Waals surface area contributed by atoms with Crippen LogP contribution in [0.5, 0.6) is 0 Å². The maximum absolute atomic E-state index is 13.8. The van der Waals surface area contributed by atoms with Crippen molar-refractivity contribution in [2.45, 2.75) is 32.1 Å². The summed E-state index contributed by atoms with van der Waals surface area (Å²) in [5.41, 5.74) is 3.96. The monoisotopic (exact) mass is 450 g/mol. The van der Waals surface area contributed by atoms with Crippen molar-refractivity contribution in [3.8, 4) is 0 Å². The molecule has 0 aliphatic carbocycles. The Bertz CT molecular complexity index is 1150. The normalized spacial score (nSPS) is 24.3. The van der Waals surface area contributed by atoms with Crippen LogP contribution in [0, 0.1) is 5.82 Å². The predicted octanol–water partition coefficient (Wildman–Crippen LogP) is 3.57. The molecule has 6 nitrogen and oxygen atoms in total. The summed E-state index contributed by atoms with van der Waals surface area (Å²) >= 11 is 0. The summed E-state index contributed by atoms with van der Waals surface area (Å²) in [6, 6.07) is 12.6. The van der Waals surface area contributed by atoms with Gasteiger partial charge in [-0.25, -0.2) is 4.39 Å². The summed E-state index contributed by atoms with van der Waals surface area (Å²) in [5.74, 6) is -0.240. The van der Waals surface area contributed by atoms with E-state index in [0.717, 1.165) is 24.2 Å². The Labute approximate surface area is 192 Å². The summed E-state index contributed by atoms with van der Waals surface area (Å²) in [6.07, 6.45) is 1.76. The van der Waals surface area contributed by atoms with Crippen LogP contribution in [0.25, 0.3) is 11.1 Å². The van der Waals surface area contributed by atoms with Crippen LogP contribution in [0.3, 0.4) is 0 Å². The molecule has 0 spiro atoms. The number of benzene rings is 2. The number of rotatable bonds is 4. The summed E-state index contributed by atoms with van der Waals surface area (Å²) in [4.78, 5) is 14.9. The number of morpholine rings is 1. The van der Waals surface area contributed by atoms with Crippen LogP contribution >= 0.6 is 0 Å². The van der Waals surface area contributed by atoms with E-state index in [0.29, 0.717) is 35.7 Å². The molecule has 1 amide bonds. The maximum Gasteiger partial charge on any atom is 0.260 e. The Balaban J connectivity index is 1.41. The lowest BCUT2D eigenvalue weighted by atomic mass is 9.91. The minimum atomic E-state index is -0.640. The quantitative estimate of drug-likeness (QED) is 0.697. The molecule has 7 heteroatoms. The molecule has 2 aromatic carbocycles. The van der Waals surface area contributed by atoms with Crippen molar-refractivity contribution >= 4 is 22.7 Å². The molecular weight excluding hydrogens is 423 g/mol. The maximum atomic E-state index is 13.8. The second-order valence-corrected chi connectivity index (χ2v) is 9.16. The van der Waals surface area contributed by atoms with E-state index in [9.17, 15) is 14.3 Å². The number of halogens is 1. The SMILES string of the molecule is CC1(C)OC(=C2C(=O)Nc3ccc(F)cc32)C=C1c1ccc(CN2CCOC(CO)C2)cc1. The Kier molecular flexibility index (Phi) is 5.56. The van der Waals surface area contributed by atoms with Gasteiger partial charge in [-0.1, -0.05) is 24.3 Å². The lowest BCUT2D eigenvalue weighted by Crippen LogP contribution is -2.43. The van der Waals surface area contributed by atoms with Crippen LogP contribution in [0.15, 0.2) is 54.3 Å². The number of nitrogens with one attached hydrogen (secondary N) is 1. The van der Waals surface area contributed by atoms with Gasteiger partial charge in [0.15, 0.2) is 0 Å². The number of aliphatic hydroxyl groups is 1. The zero-order valence-corrected chi connectivity index (χ0v) is 18.7. The smallest absolute Gasteiger partial charge is 0.260 e. The largest absolute Gasteiger partial charge is 0.482 e. The van der Waals surface area contributed by atoms with Gasteiger partial charge in [-0.3, -0.25) is 9.69 Å². The average Bonchev–Trinajstić information content (AvgIpc) is 3.28. The molecule has 2 aromatic rings. The molecule has 2 N–H and O–H groups in total. The second kappa shape index (κ2) is 8.41. The highest BCUT2D eigenvalue weighted by Gasteiger charge is 2.38. The van der Waals surface area contributed by atoms with Gasteiger partial charge >= 0.3 is 0 Å². The Morgan fingerprint density at radius 1 is 1.21 bits per heavy atom. The molecule has 1 fully saturated rings. The van der Waals surface area contributed by atoms with Gasteiger partial charge in [0.05, 0.1) is 24.9 Å². The molecule has 1 saturated heterocycles. The molecule has 3 heterocycles. The highest BCUT2D eigenvalue weighted by atomic mass is 19.1. The van der Waals surface area contributed by atoms with Gasteiger partial charge in [0.2, 0.25) is 0 Å². The highest BCUT2D eigenvalue weighted by molar-refractivity contribution is 6.32. The molecular formula is C26H27FN2O4. The number of carbonyl (C=O) groups is 1. The van der Waals surface area contributed by atoms with E-state index in [1.54, 1.807) is 6.07 Å². The highest BCUT2D eigenvalue weighted by Crippen LogP contribution is 2.44. The summed E-state index contributed by atoms with van der Waals surface area (Å²) in [7, 11) is 0. The van der Waals surface area contributed by atoms with Crippen LogP contribution in [0.4, 0.5) is 10.1 Å². The van der Waals surface area contributed by atoms with Crippen molar-refractivity contribution in [1.29, 1.82) is 0 Å². The van der Waals surface area contributed by atoms with Crippen LogP contribution in [0.2, 0.25) is 0 Å². The fourth-order valence-corrected chi connectivity index (χ4v) is 4.68. The van der Waals surface area contributed by atoms with Crippen LogP contribution in [0.1, 0.15) is 30.5 Å². The first-order valence-electron chi connectivity index (χ1n) is 11.1. The Morgan fingerprint density at radius 2 is 2.00 bits per heavy atom. The number of allylic oxidation sites excluding steroid dienone is 1. The Hall–Kier alpha value is -3.00. The molecule has 3 aliphatic heterocycles. The van der Waals surface area contributed by atoms with Gasteiger partial charge in [0, 0.05) is 36.5 Å². The number of anilines is 1. The molecule has 33 heavy (non-hydrogen) atoms. The average molecular weight is 451 g/mol. The number of carbonyl (C=O) groups excluding carboxylic acids is 1. The van der Waals surface area contributed by atoms with E-state index in [4.69, 9.17) is 9.47 Å². The standard InChI is InChI=1S/C26H27FN2O4/c1-26(2)21(12-23(33-26)24-20-11-18(27)7-8-22(20)28-25(24)31)17-5-3-16(4-6-17)13-29-9-10-32-19(14-29)15-30/h3-8,11-12,19,30H,9-10,13-15H2,1-2H3,(H,28,31). The minimum absolute atomic E-state index is 0.0334. The molecule has 172 valence electrons. The zero-order chi connectivity index (χ0) is 23.2. The van der Waals surface area contributed by atoms with Gasteiger partial charge in [-0.05, 0) is 49.2 Å². The fourth-order valence-electron chi connectivity index (χ4n) is 4.68. The van der Waals surface area contributed by atoms with Crippen LogP contribution < -0.4 is 5.32 Å². The van der Waals surface area contributed by atoms with Gasteiger partial charge in [-0.15, -0.1) is 0 Å². The number of amides is 1. The minimum Gasteiger partial charge on any atom is -0.482 e. The molecule has 0 bridgehead atoms. The van der Waals surface area contributed by atoms with Crippen molar-refractivity contribution in [2.75, 3.05) is 31.6 Å². The number of fused-ring (bicyclic) bond motifs is 1. The fraction of sp³-hybridized carbons (Fsp3) is 0.346. The van der Waals surface area contributed by atoms with Crippen LogP contribution in [-0.2, 0) is 20.8 Å². The van der Waals surface area contributed by atoms with Gasteiger partial charge < -0.3 is 19.9 Å². The summed E-state index contributed by atoms with van der Waals surface area (Å²) < 4.78 is 25.6. The summed E-state index contributed by atoms with van der Waals surface area (Å²) in [6.45, 7) is 6.92. The molecule has 5 rings (SSSR count). The number of nitrogens with zero attached hydrogens (tertiary/aromatic N) is 1. The molecule has 1 atom stereocenters. The topological polar surface area (TPSA) is 71.0 Å². The van der Waals surface area contributed by atoms with Gasteiger partial charge in [-0.2, -0.15) is 0 Å². The van der Waals surface area contributed by atoms with E-state index in [1.807, 2.05) is 19.9 Å². The number of ether oxygens (including phenoxy) is 2. The number of hydrogen-bond acceptors (Lipinski definition) is 5. The third kappa shape index (κ3) is 4.19. The number of aliphatic hydroxyl groups excluding tert-OH is 1. The molecule has 0 radical (unpaired) electrons. The van der Waals surface area contributed by atoms with E-state index in [2.05, 4.69) is 34.5 Å². The first-order chi connectivity index (χ1) is 15.8. The van der Waals surface area contributed by atoms with E-state index in [-0.39, 0.29) is 18.6 Å². The van der Waals surface area contributed by atoms with E-state index < -0.39 is 11.4 Å². The number of hydrogen-bond donors (Lipinski definition) is 2. The van der Waals surface area contributed by atoms with Crippen LogP contribution in [-0.4, -0.2) is 53.9 Å². The second-order valence-electron chi connectivity index (χ2n) is 9.16. The zero-order valence-electron chi connectivity index (χ0n) is 18.7. The summed E-state index contributed by atoms with van der Waals surface area (Å²) in [5, 5.41) is 12.1. The molecule has 0 aromatic heterocycles. The van der Waals surface area contributed by atoms with Gasteiger partial charge in [0.1, 0.15) is 17.2 Å².